The summed E-state index contributed by atoms with van der Waals surface area (Å²) in [5.41, 5.74) is 0.482. The molecule has 10 nitrogen and oxygen atoms in total. The van der Waals surface area contributed by atoms with Crippen LogP contribution in [0.4, 0.5) is 25.0 Å². The summed E-state index contributed by atoms with van der Waals surface area (Å²) in [5.74, 6) is -1.64. The molecule has 0 aliphatic carbocycles. The number of halogens is 2. The molecule has 0 spiro atoms. The maximum absolute atomic E-state index is 14.6. The van der Waals surface area contributed by atoms with E-state index in [2.05, 4.69) is 10.3 Å². The predicted octanol–water partition coefficient (Wildman–Crippen LogP) is 1.04. The number of benzene rings is 1. The number of nitrogens with one attached hydrogen (secondary N) is 1. The van der Waals surface area contributed by atoms with Crippen LogP contribution in [0.3, 0.4) is 0 Å². The molecule has 1 aromatic carbocycles. The van der Waals surface area contributed by atoms with Gasteiger partial charge in [0.05, 0.1) is 25.4 Å². The third-order valence-electron chi connectivity index (χ3n) is 5.49. The Morgan fingerprint density at radius 3 is 2.43 bits per heavy atom. The number of carbonyl (C=O) groups is 3. The summed E-state index contributed by atoms with van der Waals surface area (Å²) in [4.78, 5) is 41.7. The minimum atomic E-state index is -0.791. The van der Waals surface area contributed by atoms with Crippen LogP contribution >= 0.6 is 0 Å². The van der Waals surface area contributed by atoms with Crippen LogP contribution in [0.25, 0.3) is 0 Å². The Kier molecular flexibility index (Phi) is 9.04. The van der Waals surface area contributed by atoms with Crippen molar-refractivity contribution in [1.29, 1.82) is 0 Å². The van der Waals surface area contributed by atoms with Gasteiger partial charge in [0.25, 0.3) is 0 Å². The molecule has 4 rings (SSSR count). The first-order valence-electron chi connectivity index (χ1n) is 11.0. The molecule has 1 atom stereocenters. The molecule has 0 saturated carbocycles. The summed E-state index contributed by atoms with van der Waals surface area (Å²) in [7, 11) is 1.68. The van der Waals surface area contributed by atoms with Crippen molar-refractivity contribution < 1.29 is 33.0 Å². The average molecular weight is 491 g/mol. The Morgan fingerprint density at radius 1 is 1.26 bits per heavy atom. The van der Waals surface area contributed by atoms with Crippen molar-refractivity contribution in [2.24, 2.45) is 0 Å². The first kappa shape index (κ1) is 26.0. The molecule has 2 N–H and O–H groups in total. The van der Waals surface area contributed by atoms with Gasteiger partial charge in [0, 0.05) is 56.3 Å². The van der Waals surface area contributed by atoms with E-state index in [1.807, 2.05) is 0 Å². The van der Waals surface area contributed by atoms with Gasteiger partial charge in [-0.15, -0.1) is 0 Å². The zero-order chi connectivity index (χ0) is 25.4. The molecule has 1 unspecified atom stereocenters. The second-order valence-electron chi connectivity index (χ2n) is 7.86. The highest BCUT2D eigenvalue weighted by molar-refractivity contribution is 5.90. The van der Waals surface area contributed by atoms with Crippen molar-refractivity contribution in [1.82, 2.24) is 15.2 Å². The standard InChI is InChI=1S/C17H22F2N4O4.C6H5NO/c1-20-8-15(25)21-2-4-22(5-3-21)16-13(18)6-11(7-14(16)19)23-9-12(10-24)27-17(23)26;8-5-6-2-1-3-7-4-6/h6-7,12,20,24H,2-5,8-10H2,1H3;1-5H. The lowest BCUT2D eigenvalue weighted by atomic mass is 10.2. The molecule has 35 heavy (non-hydrogen) atoms. The lowest BCUT2D eigenvalue weighted by Gasteiger charge is -2.36. The largest absolute Gasteiger partial charge is 0.441 e. The highest BCUT2D eigenvalue weighted by Crippen LogP contribution is 2.31. The van der Waals surface area contributed by atoms with Crippen LogP contribution in [-0.2, 0) is 9.53 Å². The zero-order valence-corrected chi connectivity index (χ0v) is 19.2. The molecule has 0 bridgehead atoms. The van der Waals surface area contributed by atoms with Crippen LogP contribution in [0.1, 0.15) is 10.4 Å². The highest BCUT2D eigenvalue weighted by atomic mass is 19.1. The maximum Gasteiger partial charge on any atom is 0.414 e. The second kappa shape index (κ2) is 12.2. The van der Waals surface area contributed by atoms with Crippen molar-refractivity contribution in [3.05, 3.63) is 53.9 Å². The predicted molar refractivity (Wildman–Crippen MR) is 123 cm³/mol. The number of likely N-dealkylation sites (N-methyl/N-ethyl adjacent to an activating group) is 1. The van der Waals surface area contributed by atoms with Gasteiger partial charge in [-0.2, -0.15) is 0 Å². The molecule has 3 heterocycles. The Morgan fingerprint density at radius 2 is 1.94 bits per heavy atom. The molecule has 2 aromatic rings. The van der Waals surface area contributed by atoms with Crippen LogP contribution < -0.4 is 15.1 Å². The third kappa shape index (κ3) is 6.49. The van der Waals surface area contributed by atoms with Gasteiger partial charge in [-0.05, 0) is 19.2 Å². The Bertz CT molecular complexity index is 1010. The van der Waals surface area contributed by atoms with Crippen LogP contribution in [0.15, 0.2) is 36.7 Å². The van der Waals surface area contributed by atoms with Crippen LogP contribution in [0.5, 0.6) is 0 Å². The van der Waals surface area contributed by atoms with E-state index >= 15 is 0 Å². The van der Waals surface area contributed by atoms with Crippen molar-refractivity contribution in [2.45, 2.75) is 6.10 Å². The number of ether oxygens (including phenoxy) is 1. The molecule has 188 valence electrons. The minimum Gasteiger partial charge on any atom is -0.441 e. The topological polar surface area (TPSA) is 115 Å². The SMILES string of the molecule is CNCC(=O)N1CCN(c2c(F)cc(N3CC(CO)OC3=O)cc2F)CC1.O=Cc1cccnc1. The third-order valence-corrected chi connectivity index (χ3v) is 5.49. The van der Waals surface area contributed by atoms with E-state index in [1.54, 1.807) is 35.2 Å². The summed E-state index contributed by atoms with van der Waals surface area (Å²) in [6.07, 6.45) is 2.45. The number of cyclic esters (lactones) is 1. The number of hydrogen-bond donors (Lipinski definition) is 2. The molecule has 1 aromatic heterocycles. The lowest BCUT2D eigenvalue weighted by molar-refractivity contribution is -0.130. The molecular weight excluding hydrogens is 464 g/mol. The Labute approximate surface area is 201 Å². The number of amides is 2. The number of pyridine rings is 1. The first-order chi connectivity index (χ1) is 16.9. The van der Waals surface area contributed by atoms with Crippen molar-refractivity contribution in [3.8, 4) is 0 Å². The number of aliphatic hydroxyl groups is 1. The van der Waals surface area contributed by atoms with Gasteiger partial charge in [-0.25, -0.2) is 13.6 Å². The number of aromatic nitrogens is 1. The number of carbonyl (C=O) groups excluding carboxylic acids is 3. The second-order valence-corrected chi connectivity index (χ2v) is 7.86. The van der Waals surface area contributed by atoms with E-state index in [0.717, 1.165) is 23.3 Å². The van der Waals surface area contributed by atoms with Crippen LogP contribution in [0, 0.1) is 11.6 Å². The van der Waals surface area contributed by atoms with E-state index in [1.165, 1.54) is 6.20 Å². The Balaban J connectivity index is 0.000000363. The average Bonchev–Trinajstić information content (AvgIpc) is 3.26. The fourth-order valence-corrected chi connectivity index (χ4v) is 3.73. The summed E-state index contributed by atoms with van der Waals surface area (Å²) in [6, 6.07) is 5.60. The number of hydrogen-bond acceptors (Lipinski definition) is 8. The fraction of sp³-hybridized carbons (Fsp3) is 0.391. The van der Waals surface area contributed by atoms with Gasteiger partial charge < -0.3 is 25.0 Å². The smallest absolute Gasteiger partial charge is 0.414 e. The minimum absolute atomic E-state index is 0.0276. The molecule has 12 heteroatoms. The van der Waals surface area contributed by atoms with Gasteiger partial charge in [0.2, 0.25) is 5.91 Å². The number of aliphatic hydroxyl groups excluding tert-OH is 1. The molecule has 0 radical (unpaired) electrons. The summed E-state index contributed by atoms with van der Waals surface area (Å²) in [5, 5.41) is 11.9. The van der Waals surface area contributed by atoms with E-state index < -0.39 is 23.8 Å². The number of nitrogens with zero attached hydrogens (tertiary/aromatic N) is 4. The number of aldehydes is 1. The van der Waals surface area contributed by atoms with E-state index in [4.69, 9.17) is 9.84 Å². The van der Waals surface area contributed by atoms with Crippen molar-refractivity contribution >= 4 is 29.7 Å². The van der Waals surface area contributed by atoms with E-state index in [-0.39, 0.29) is 37.0 Å². The van der Waals surface area contributed by atoms with Gasteiger partial charge in [-0.3, -0.25) is 19.5 Å². The monoisotopic (exact) mass is 491 g/mol. The Hall–Kier alpha value is -3.64. The zero-order valence-electron chi connectivity index (χ0n) is 19.2. The summed E-state index contributed by atoms with van der Waals surface area (Å²) >= 11 is 0. The van der Waals surface area contributed by atoms with Crippen LogP contribution in [-0.4, -0.2) is 92.3 Å². The molecule has 2 saturated heterocycles. The molecule has 2 aliphatic rings. The van der Waals surface area contributed by atoms with Crippen LogP contribution in [0.2, 0.25) is 0 Å². The van der Waals surface area contributed by atoms with Gasteiger partial charge in [0.15, 0.2) is 17.9 Å². The lowest BCUT2D eigenvalue weighted by Crippen LogP contribution is -2.51. The maximum atomic E-state index is 14.6. The van der Waals surface area contributed by atoms with Gasteiger partial charge >= 0.3 is 6.09 Å². The van der Waals surface area contributed by atoms with Crippen molar-refractivity contribution in [2.75, 3.05) is 62.7 Å². The summed E-state index contributed by atoms with van der Waals surface area (Å²) < 4.78 is 34.2. The molecule has 2 aliphatic heterocycles. The number of rotatable bonds is 6. The van der Waals surface area contributed by atoms with E-state index in [9.17, 15) is 23.2 Å². The van der Waals surface area contributed by atoms with E-state index in [0.29, 0.717) is 31.7 Å². The quantitative estimate of drug-likeness (QED) is 0.577. The normalized spacial score (nSPS) is 17.5. The fourth-order valence-electron chi connectivity index (χ4n) is 3.73. The number of anilines is 2. The van der Waals surface area contributed by atoms with Gasteiger partial charge in [0.1, 0.15) is 11.8 Å². The molecular formula is C23H27F2N5O5. The first-order valence-corrected chi connectivity index (χ1v) is 11.0. The van der Waals surface area contributed by atoms with Crippen molar-refractivity contribution in [3.63, 3.8) is 0 Å². The molecule has 2 fully saturated rings. The molecule has 2 amide bonds. The highest BCUT2D eigenvalue weighted by Gasteiger charge is 2.33. The summed E-state index contributed by atoms with van der Waals surface area (Å²) in [6.45, 7) is 1.25. The number of piperazine rings is 1. The van der Waals surface area contributed by atoms with Gasteiger partial charge in [-0.1, -0.05) is 0 Å².